The number of anilines is 1. The fraction of sp³-hybridized carbons (Fsp3) is 0.261. The van der Waals surface area contributed by atoms with Crippen LogP contribution in [0, 0.1) is 0 Å². The molecule has 0 spiro atoms. The van der Waals surface area contributed by atoms with E-state index in [0.717, 1.165) is 11.5 Å². The largest absolute Gasteiger partial charge is 0.494 e. The number of carbonyl (C=O) groups excluding carboxylic acids is 1. The zero-order valence-electron chi connectivity index (χ0n) is 17.7. The molecule has 0 unspecified atom stereocenters. The summed E-state index contributed by atoms with van der Waals surface area (Å²) in [5.41, 5.74) is 0.715. The van der Waals surface area contributed by atoms with Gasteiger partial charge in [-0.25, -0.2) is 0 Å². The third-order valence-corrected chi connectivity index (χ3v) is 5.23. The van der Waals surface area contributed by atoms with E-state index >= 15 is 0 Å². The second-order valence-electron chi connectivity index (χ2n) is 6.61. The summed E-state index contributed by atoms with van der Waals surface area (Å²) in [6.45, 7) is 8.79. The van der Waals surface area contributed by atoms with Gasteiger partial charge in [-0.15, -0.1) is 16.8 Å². The number of para-hydroxylation sites is 1. The highest BCUT2D eigenvalue weighted by molar-refractivity contribution is 7.99. The lowest BCUT2D eigenvalue weighted by molar-refractivity contribution is -0.113. The van der Waals surface area contributed by atoms with Crippen LogP contribution in [0.15, 0.2) is 72.4 Å². The average molecular weight is 439 g/mol. The van der Waals surface area contributed by atoms with Crippen molar-refractivity contribution in [3.63, 3.8) is 0 Å². The highest BCUT2D eigenvalue weighted by Gasteiger charge is 2.19. The van der Waals surface area contributed by atoms with E-state index in [1.165, 1.54) is 11.8 Å². The number of amides is 1. The van der Waals surface area contributed by atoms with Gasteiger partial charge >= 0.3 is 0 Å². The van der Waals surface area contributed by atoms with Crippen LogP contribution in [-0.4, -0.2) is 33.0 Å². The van der Waals surface area contributed by atoms with E-state index in [1.54, 1.807) is 6.08 Å². The van der Waals surface area contributed by atoms with Crippen LogP contribution >= 0.6 is 11.8 Å². The first-order valence-electron chi connectivity index (χ1n) is 10.0. The average Bonchev–Trinajstić information content (AvgIpc) is 3.17. The lowest BCUT2D eigenvalue weighted by Crippen LogP contribution is -2.15. The number of nitrogens with one attached hydrogen (secondary N) is 1. The van der Waals surface area contributed by atoms with Crippen molar-refractivity contribution in [2.75, 3.05) is 17.7 Å². The molecule has 3 aromatic rings. The van der Waals surface area contributed by atoms with Crippen LogP contribution in [-0.2, 0) is 11.3 Å². The molecule has 1 aromatic heterocycles. The second-order valence-corrected chi connectivity index (χ2v) is 7.55. The maximum absolute atomic E-state index is 12.4. The summed E-state index contributed by atoms with van der Waals surface area (Å²) >= 11 is 1.32. The molecule has 0 saturated carbocycles. The maximum Gasteiger partial charge on any atom is 0.234 e. The Morgan fingerprint density at radius 1 is 1.16 bits per heavy atom. The lowest BCUT2D eigenvalue weighted by Gasteiger charge is -2.15. The van der Waals surface area contributed by atoms with Gasteiger partial charge in [0.15, 0.2) is 17.1 Å². The molecule has 1 amide bonds. The van der Waals surface area contributed by atoms with Crippen LogP contribution in [0.1, 0.15) is 25.8 Å². The molecule has 7 nitrogen and oxygen atoms in total. The van der Waals surface area contributed by atoms with E-state index in [0.29, 0.717) is 29.8 Å². The first-order chi connectivity index (χ1) is 15.1. The molecule has 2 aromatic carbocycles. The van der Waals surface area contributed by atoms with Crippen molar-refractivity contribution in [2.45, 2.75) is 31.7 Å². The number of thioether (sulfide) groups is 1. The second kappa shape index (κ2) is 11.2. The number of hydrogen-bond donors (Lipinski definition) is 1. The molecule has 31 heavy (non-hydrogen) atoms. The molecule has 1 atom stereocenters. The number of carbonyl (C=O) groups is 1. The van der Waals surface area contributed by atoms with Gasteiger partial charge in [-0.1, -0.05) is 36.0 Å². The van der Waals surface area contributed by atoms with Crippen molar-refractivity contribution in [2.24, 2.45) is 0 Å². The summed E-state index contributed by atoms with van der Waals surface area (Å²) < 4.78 is 13.3. The standard InChI is InChI=1S/C23H26N4O3S/c1-4-15-27-22(17(3)30-20-9-7-6-8-10-20)25-26-23(27)31-16-21(28)24-18-11-13-19(14-12-18)29-5-2/h4,6-14,17H,1,5,15-16H2,2-3H3,(H,24,28)/t17-/m0/s1. The third-order valence-electron chi connectivity index (χ3n) is 4.26. The molecule has 0 radical (unpaired) electrons. The minimum Gasteiger partial charge on any atom is -0.494 e. The molecule has 0 aliphatic rings. The van der Waals surface area contributed by atoms with E-state index in [9.17, 15) is 4.79 Å². The van der Waals surface area contributed by atoms with Crippen molar-refractivity contribution in [3.05, 3.63) is 73.1 Å². The van der Waals surface area contributed by atoms with Crippen LogP contribution in [0.5, 0.6) is 11.5 Å². The lowest BCUT2D eigenvalue weighted by atomic mass is 10.3. The molecule has 1 N–H and O–H groups in total. The fourth-order valence-electron chi connectivity index (χ4n) is 2.89. The molecule has 0 aliphatic heterocycles. The van der Waals surface area contributed by atoms with Crippen LogP contribution < -0.4 is 14.8 Å². The van der Waals surface area contributed by atoms with E-state index in [2.05, 4.69) is 22.1 Å². The van der Waals surface area contributed by atoms with Gasteiger partial charge in [-0.05, 0) is 50.2 Å². The molecule has 8 heteroatoms. The summed E-state index contributed by atoms with van der Waals surface area (Å²) in [6, 6.07) is 16.8. The van der Waals surface area contributed by atoms with Gasteiger partial charge in [-0.3, -0.25) is 9.36 Å². The van der Waals surface area contributed by atoms with E-state index in [-0.39, 0.29) is 17.8 Å². The van der Waals surface area contributed by atoms with Crippen LogP contribution in [0.4, 0.5) is 5.69 Å². The number of rotatable bonds is 11. The van der Waals surface area contributed by atoms with Gasteiger partial charge in [0, 0.05) is 12.2 Å². The molecule has 0 saturated heterocycles. The minimum atomic E-state index is -0.304. The van der Waals surface area contributed by atoms with Crippen molar-refractivity contribution in [3.8, 4) is 11.5 Å². The van der Waals surface area contributed by atoms with Gasteiger partial charge in [0.05, 0.1) is 12.4 Å². The monoisotopic (exact) mass is 438 g/mol. The molecule has 162 valence electrons. The predicted molar refractivity (Wildman–Crippen MR) is 123 cm³/mol. The quantitative estimate of drug-likeness (QED) is 0.344. The van der Waals surface area contributed by atoms with Crippen molar-refractivity contribution >= 4 is 23.4 Å². The normalized spacial score (nSPS) is 11.5. The summed E-state index contributed by atoms with van der Waals surface area (Å²) in [4.78, 5) is 12.4. The molecule has 0 bridgehead atoms. The summed E-state index contributed by atoms with van der Waals surface area (Å²) in [5.74, 6) is 2.28. The summed E-state index contributed by atoms with van der Waals surface area (Å²) in [7, 11) is 0. The Kier molecular flexibility index (Phi) is 8.12. The number of ether oxygens (including phenoxy) is 2. The molecule has 0 aliphatic carbocycles. The molecule has 1 heterocycles. The fourth-order valence-corrected chi connectivity index (χ4v) is 3.65. The zero-order valence-corrected chi connectivity index (χ0v) is 18.5. The molecule has 3 rings (SSSR count). The molecular formula is C23H26N4O3S. The number of benzene rings is 2. The van der Waals surface area contributed by atoms with Crippen molar-refractivity contribution < 1.29 is 14.3 Å². The Balaban J connectivity index is 1.61. The van der Waals surface area contributed by atoms with Crippen LogP contribution in [0.25, 0.3) is 0 Å². The van der Waals surface area contributed by atoms with Gasteiger partial charge < -0.3 is 14.8 Å². The van der Waals surface area contributed by atoms with Crippen molar-refractivity contribution in [1.29, 1.82) is 0 Å². The first kappa shape index (κ1) is 22.4. The Morgan fingerprint density at radius 3 is 2.58 bits per heavy atom. The topological polar surface area (TPSA) is 78.3 Å². The van der Waals surface area contributed by atoms with E-state index in [1.807, 2.05) is 73.0 Å². The highest BCUT2D eigenvalue weighted by Crippen LogP contribution is 2.25. The van der Waals surface area contributed by atoms with Crippen LogP contribution in [0.3, 0.4) is 0 Å². The first-order valence-corrected chi connectivity index (χ1v) is 11.0. The molecular weight excluding hydrogens is 412 g/mol. The number of allylic oxidation sites excluding steroid dienone is 1. The summed E-state index contributed by atoms with van der Waals surface area (Å²) in [6.07, 6.45) is 1.47. The summed E-state index contributed by atoms with van der Waals surface area (Å²) in [5, 5.41) is 12.1. The Hall–Kier alpha value is -3.26. The zero-order chi connectivity index (χ0) is 22.1. The predicted octanol–water partition coefficient (Wildman–Crippen LogP) is 4.73. The number of nitrogens with zero attached hydrogens (tertiary/aromatic N) is 3. The Morgan fingerprint density at radius 2 is 1.90 bits per heavy atom. The van der Waals surface area contributed by atoms with E-state index < -0.39 is 0 Å². The Labute approximate surface area is 186 Å². The third kappa shape index (κ3) is 6.36. The van der Waals surface area contributed by atoms with Crippen molar-refractivity contribution in [1.82, 2.24) is 14.8 Å². The number of hydrogen-bond acceptors (Lipinski definition) is 6. The SMILES string of the molecule is C=CCn1c(SCC(=O)Nc2ccc(OCC)cc2)nnc1[C@H](C)Oc1ccccc1. The van der Waals surface area contributed by atoms with Gasteiger partial charge in [0.25, 0.3) is 0 Å². The maximum atomic E-state index is 12.4. The highest BCUT2D eigenvalue weighted by atomic mass is 32.2. The smallest absolute Gasteiger partial charge is 0.234 e. The van der Waals surface area contributed by atoms with Crippen LogP contribution in [0.2, 0.25) is 0 Å². The van der Waals surface area contributed by atoms with E-state index in [4.69, 9.17) is 9.47 Å². The molecule has 0 fully saturated rings. The van der Waals surface area contributed by atoms with Gasteiger partial charge in [0.1, 0.15) is 11.5 Å². The van der Waals surface area contributed by atoms with Gasteiger partial charge in [0.2, 0.25) is 5.91 Å². The number of aromatic nitrogens is 3. The Bertz CT molecular complexity index is 990. The minimum absolute atomic E-state index is 0.127. The van der Waals surface area contributed by atoms with Gasteiger partial charge in [-0.2, -0.15) is 0 Å².